The lowest BCUT2D eigenvalue weighted by molar-refractivity contribution is -0.385. The molecule has 0 fully saturated rings. The first-order valence-electron chi connectivity index (χ1n) is 6.35. The van der Waals surface area contributed by atoms with Gasteiger partial charge >= 0.3 is 0 Å². The van der Waals surface area contributed by atoms with Gasteiger partial charge in [0.25, 0.3) is 11.6 Å². The molecule has 0 bridgehead atoms. The fourth-order valence-corrected chi connectivity index (χ4v) is 2.04. The topological polar surface area (TPSA) is 72.2 Å². The van der Waals surface area contributed by atoms with Gasteiger partial charge in [-0.15, -0.1) is 0 Å². The standard InChI is InChI=1S/C15H12ClFN2O3/c1-9-2-3-10(6-13(9)17)8-18-15(20)12-5-4-11(16)7-14(12)19(21)22/h2-7H,8H2,1H3,(H,18,20). The molecule has 2 aromatic rings. The number of nitrogens with one attached hydrogen (secondary N) is 1. The van der Waals surface area contributed by atoms with E-state index in [1.807, 2.05) is 0 Å². The van der Waals surface area contributed by atoms with Crippen LogP contribution in [0.25, 0.3) is 0 Å². The van der Waals surface area contributed by atoms with E-state index < -0.39 is 10.8 Å². The molecule has 22 heavy (non-hydrogen) atoms. The van der Waals surface area contributed by atoms with E-state index >= 15 is 0 Å². The Balaban J connectivity index is 2.16. The number of halogens is 2. The van der Waals surface area contributed by atoms with Crippen LogP contribution in [0.4, 0.5) is 10.1 Å². The maximum atomic E-state index is 13.4. The minimum absolute atomic E-state index is 0.0653. The summed E-state index contributed by atoms with van der Waals surface area (Å²) >= 11 is 5.69. The van der Waals surface area contributed by atoms with E-state index in [1.165, 1.54) is 18.2 Å². The second kappa shape index (κ2) is 6.53. The molecule has 114 valence electrons. The number of carbonyl (C=O) groups is 1. The summed E-state index contributed by atoms with van der Waals surface area (Å²) in [5, 5.41) is 13.6. The average molecular weight is 323 g/mol. The summed E-state index contributed by atoms with van der Waals surface area (Å²) in [7, 11) is 0. The van der Waals surface area contributed by atoms with Crippen LogP contribution in [-0.4, -0.2) is 10.8 Å². The van der Waals surface area contributed by atoms with Crippen molar-refractivity contribution >= 4 is 23.2 Å². The molecule has 7 heteroatoms. The van der Waals surface area contributed by atoms with Gasteiger partial charge in [-0.1, -0.05) is 23.7 Å². The fraction of sp³-hybridized carbons (Fsp3) is 0.133. The molecule has 1 amide bonds. The summed E-state index contributed by atoms with van der Waals surface area (Å²) in [6, 6.07) is 8.38. The molecule has 2 aromatic carbocycles. The van der Waals surface area contributed by atoms with Crippen LogP contribution in [0.5, 0.6) is 0 Å². The first kappa shape index (κ1) is 15.9. The molecule has 0 aromatic heterocycles. The van der Waals surface area contributed by atoms with Crippen molar-refractivity contribution in [1.29, 1.82) is 0 Å². The van der Waals surface area contributed by atoms with Gasteiger partial charge in [0.2, 0.25) is 0 Å². The fourth-order valence-electron chi connectivity index (χ4n) is 1.87. The summed E-state index contributed by atoms with van der Waals surface area (Å²) < 4.78 is 13.4. The van der Waals surface area contributed by atoms with Crippen LogP contribution in [0.15, 0.2) is 36.4 Å². The van der Waals surface area contributed by atoms with Gasteiger partial charge in [-0.05, 0) is 36.2 Å². The molecule has 2 rings (SSSR count). The normalized spacial score (nSPS) is 10.3. The highest BCUT2D eigenvalue weighted by molar-refractivity contribution is 6.31. The summed E-state index contributed by atoms with van der Waals surface area (Å²) in [6.07, 6.45) is 0. The van der Waals surface area contributed by atoms with E-state index in [0.29, 0.717) is 11.1 Å². The SMILES string of the molecule is Cc1ccc(CNC(=O)c2ccc(Cl)cc2[N+](=O)[O-])cc1F. The second-order valence-electron chi connectivity index (χ2n) is 4.68. The van der Waals surface area contributed by atoms with E-state index in [4.69, 9.17) is 11.6 Å². The van der Waals surface area contributed by atoms with Crippen molar-refractivity contribution in [3.63, 3.8) is 0 Å². The number of nitro benzene ring substituents is 1. The van der Waals surface area contributed by atoms with Crippen LogP contribution in [0.3, 0.4) is 0 Å². The molecule has 0 atom stereocenters. The van der Waals surface area contributed by atoms with Crippen LogP contribution in [-0.2, 0) is 6.54 Å². The van der Waals surface area contributed by atoms with Crippen LogP contribution < -0.4 is 5.32 Å². The number of amides is 1. The van der Waals surface area contributed by atoms with Crippen LogP contribution in [0, 0.1) is 22.9 Å². The predicted octanol–water partition coefficient (Wildman–Crippen LogP) is 3.63. The highest BCUT2D eigenvalue weighted by Gasteiger charge is 2.20. The van der Waals surface area contributed by atoms with Gasteiger partial charge in [0, 0.05) is 17.6 Å². The Labute approximate surface area is 130 Å². The zero-order chi connectivity index (χ0) is 16.3. The number of hydrogen-bond acceptors (Lipinski definition) is 3. The number of benzene rings is 2. The van der Waals surface area contributed by atoms with Crippen molar-refractivity contribution < 1.29 is 14.1 Å². The molecular formula is C15H12ClFN2O3. The minimum atomic E-state index is -0.674. The maximum Gasteiger partial charge on any atom is 0.283 e. The lowest BCUT2D eigenvalue weighted by atomic mass is 10.1. The molecule has 0 aliphatic carbocycles. The molecule has 0 radical (unpaired) electrons. The highest BCUT2D eigenvalue weighted by atomic mass is 35.5. The Morgan fingerprint density at radius 3 is 2.68 bits per heavy atom. The number of hydrogen-bond donors (Lipinski definition) is 1. The van der Waals surface area contributed by atoms with Crippen molar-refractivity contribution in [2.75, 3.05) is 0 Å². The smallest absolute Gasteiger partial charge is 0.283 e. The Morgan fingerprint density at radius 2 is 2.05 bits per heavy atom. The first-order valence-corrected chi connectivity index (χ1v) is 6.73. The van der Waals surface area contributed by atoms with Crippen molar-refractivity contribution in [1.82, 2.24) is 5.32 Å². The third-order valence-corrected chi connectivity index (χ3v) is 3.33. The van der Waals surface area contributed by atoms with Gasteiger partial charge in [0.1, 0.15) is 11.4 Å². The molecule has 0 aliphatic rings. The third-order valence-electron chi connectivity index (χ3n) is 3.09. The van der Waals surface area contributed by atoms with E-state index in [1.54, 1.807) is 19.1 Å². The summed E-state index contributed by atoms with van der Waals surface area (Å²) in [4.78, 5) is 22.3. The van der Waals surface area contributed by atoms with E-state index in [0.717, 1.165) is 6.07 Å². The van der Waals surface area contributed by atoms with Crippen molar-refractivity contribution in [3.05, 3.63) is 74.0 Å². The molecule has 0 aliphatic heterocycles. The van der Waals surface area contributed by atoms with Gasteiger partial charge in [-0.25, -0.2) is 4.39 Å². The molecule has 0 heterocycles. The van der Waals surface area contributed by atoms with Crippen molar-refractivity contribution in [3.8, 4) is 0 Å². The second-order valence-corrected chi connectivity index (χ2v) is 5.12. The minimum Gasteiger partial charge on any atom is -0.348 e. The van der Waals surface area contributed by atoms with Gasteiger partial charge < -0.3 is 5.32 Å². The summed E-state index contributed by atoms with van der Waals surface area (Å²) in [5.74, 6) is -0.992. The number of nitrogens with zero attached hydrogens (tertiary/aromatic N) is 1. The Bertz CT molecular complexity index is 750. The van der Waals surface area contributed by atoms with Gasteiger partial charge in [0.15, 0.2) is 0 Å². The third kappa shape index (κ3) is 3.59. The van der Waals surface area contributed by atoms with Crippen molar-refractivity contribution in [2.45, 2.75) is 13.5 Å². The molecule has 1 N–H and O–H groups in total. The molecule has 5 nitrogen and oxygen atoms in total. The first-order chi connectivity index (χ1) is 10.4. The number of aryl methyl sites for hydroxylation is 1. The molecule has 0 saturated heterocycles. The zero-order valence-electron chi connectivity index (χ0n) is 11.6. The zero-order valence-corrected chi connectivity index (χ0v) is 12.4. The molecule has 0 spiro atoms. The van der Waals surface area contributed by atoms with Crippen molar-refractivity contribution in [2.24, 2.45) is 0 Å². The van der Waals surface area contributed by atoms with E-state index in [2.05, 4.69) is 5.32 Å². The Kier molecular flexibility index (Phi) is 4.72. The van der Waals surface area contributed by atoms with E-state index in [9.17, 15) is 19.3 Å². The number of carbonyl (C=O) groups excluding carboxylic acids is 1. The summed E-state index contributed by atoms with van der Waals surface area (Å²) in [6.45, 7) is 1.70. The maximum absolute atomic E-state index is 13.4. The quantitative estimate of drug-likeness (QED) is 0.690. The predicted molar refractivity (Wildman–Crippen MR) is 80.4 cm³/mol. The summed E-state index contributed by atoms with van der Waals surface area (Å²) in [5.41, 5.74) is 0.596. The van der Waals surface area contributed by atoms with E-state index in [-0.39, 0.29) is 28.6 Å². The van der Waals surface area contributed by atoms with Crippen LogP contribution >= 0.6 is 11.6 Å². The van der Waals surface area contributed by atoms with Gasteiger partial charge in [-0.3, -0.25) is 14.9 Å². The Morgan fingerprint density at radius 1 is 1.32 bits per heavy atom. The van der Waals surface area contributed by atoms with Crippen LogP contribution in [0.1, 0.15) is 21.5 Å². The monoisotopic (exact) mass is 322 g/mol. The van der Waals surface area contributed by atoms with Gasteiger partial charge in [-0.2, -0.15) is 0 Å². The number of rotatable bonds is 4. The highest BCUT2D eigenvalue weighted by Crippen LogP contribution is 2.23. The lowest BCUT2D eigenvalue weighted by Crippen LogP contribution is -2.23. The Hall–Kier alpha value is -2.47. The van der Waals surface area contributed by atoms with Gasteiger partial charge in [0.05, 0.1) is 4.92 Å². The number of nitro groups is 1. The van der Waals surface area contributed by atoms with Crippen LogP contribution in [0.2, 0.25) is 5.02 Å². The molecular weight excluding hydrogens is 311 g/mol. The molecule has 0 unspecified atom stereocenters. The lowest BCUT2D eigenvalue weighted by Gasteiger charge is -2.07. The largest absolute Gasteiger partial charge is 0.348 e. The average Bonchev–Trinajstić information content (AvgIpc) is 2.48. The molecule has 0 saturated carbocycles.